The van der Waals surface area contributed by atoms with Crippen molar-refractivity contribution >= 4 is 40.2 Å². The summed E-state index contributed by atoms with van der Waals surface area (Å²) < 4.78 is 12.4. The molecule has 0 unspecified atom stereocenters. The fourth-order valence-corrected chi connectivity index (χ4v) is 5.29. The first kappa shape index (κ1) is 26.6. The van der Waals surface area contributed by atoms with Crippen LogP contribution in [0.5, 0.6) is 11.5 Å². The van der Waals surface area contributed by atoms with Crippen molar-refractivity contribution in [2.45, 2.75) is 24.8 Å². The molecule has 0 fully saturated rings. The van der Waals surface area contributed by atoms with E-state index in [0.717, 1.165) is 5.56 Å². The smallest absolute Gasteiger partial charge is 0.266 e. The van der Waals surface area contributed by atoms with E-state index in [4.69, 9.17) is 26.1 Å². The summed E-state index contributed by atoms with van der Waals surface area (Å²) in [6.45, 7) is 5.06. The minimum atomic E-state index is -0.260. The molecule has 0 N–H and O–H groups in total. The van der Waals surface area contributed by atoms with Crippen LogP contribution in [0.2, 0.25) is 5.02 Å². The van der Waals surface area contributed by atoms with Crippen LogP contribution in [0.4, 0.5) is 0 Å². The first-order valence-electron chi connectivity index (χ1n) is 11.9. The first-order chi connectivity index (χ1) is 17.9. The molecule has 0 aliphatic rings. The molecule has 0 aliphatic heterocycles. The van der Waals surface area contributed by atoms with Crippen molar-refractivity contribution in [3.63, 3.8) is 0 Å². The summed E-state index contributed by atoms with van der Waals surface area (Å²) >= 11 is 7.77. The van der Waals surface area contributed by atoms with Gasteiger partial charge in [0.1, 0.15) is 11.5 Å². The molecule has 0 saturated heterocycles. The van der Waals surface area contributed by atoms with E-state index in [1.54, 1.807) is 60.1 Å². The average molecular weight is 538 g/mol. The Morgan fingerprint density at radius 3 is 2.30 bits per heavy atom. The average Bonchev–Trinajstić information content (AvgIpc) is 2.92. The number of aromatic nitrogens is 2. The number of amides is 1. The normalized spacial score (nSPS) is 10.9. The number of methoxy groups -OCH3 is 2. The van der Waals surface area contributed by atoms with Crippen molar-refractivity contribution in [1.29, 1.82) is 0 Å². The van der Waals surface area contributed by atoms with Crippen LogP contribution in [0, 0.1) is 0 Å². The number of thioether (sulfide) groups is 1. The van der Waals surface area contributed by atoms with E-state index < -0.39 is 0 Å². The van der Waals surface area contributed by atoms with Gasteiger partial charge in [0.05, 0.1) is 30.8 Å². The Bertz CT molecular complexity index is 1480. The first-order valence-corrected chi connectivity index (χ1v) is 13.2. The highest BCUT2D eigenvalue weighted by atomic mass is 35.5. The predicted molar refractivity (Wildman–Crippen MR) is 149 cm³/mol. The Morgan fingerprint density at radius 2 is 1.68 bits per heavy atom. The largest absolute Gasteiger partial charge is 0.497 e. The van der Waals surface area contributed by atoms with E-state index in [1.807, 2.05) is 38.1 Å². The van der Waals surface area contributed by atoms with Gasteiger partial charge in [-0.05, 0) is 43.7 Å². The van der Waals surface area contributed by atoms with Crippen LogP contribution in [0.1, 0.15) is 29.8 Å². The third kappa shape index (κ3) is 5.60. The van der Waals surface area contributed by atoms with Crippen LogP contribution < -0.4 is 15.0 Å². The summed E-state index contributed by atoms with van der Waals surface area (Å²) in [6, 6.07) is 17.8. The molecule has 37 heavy (non-hydrogen) atoms. The van der Waals surface area contributed by atoms with Crippen molar-refractivity contribution in [3.05, 3.63) is 87.2 Å². The third-order valence-corrected chi connectivity index (χ3v) is 7.40. The number of carbonyl (C=O) groups is 1. The number of fused-ring (bicyclic) bond motifs is 1. The number of hydrogen-bond donors (Lipinski definition) is 0. The second kappa shape index (κ2) is 11.7. The van der Waals surface area contributed by atoms with Crippen molar-refractivity contribution in [1.82, 2.24) is 14.5 Å². The lowest BCUT2D eigenvalue weighted by atomic mass is 10.1. The van der Waals surface area contributed by atoms with Gasteiger partial charge in [0.25, 0.3) is 11.5 Å². The van der Waals surface area contributed by atoms with Crippen LogP contribution in [0.15, 0.2) is 70.6 Å². The van der Waals surface area contributed by atoms with E-state index >= 15 is 0 Å². The van der Waals surface area contributed by atoms with Crippen molar-refractivity contribution in [3.8, 4) is 17.2 Å². The van der Waals surface area contributed by atoms with Gasteiger partial charge < -0.3 is 14.4 Å². The molecule has 9 heteroatoms. The minimum absolute atomic E-state index is 0.0966. The van der Waals surface area contributed by atoms with Crippen molar-refractivity contribution in [2.24, 2.45) is 0 Å². The zero-order chi connectivity index (χ0) is 26.5. The lowest BCUT2D eigenvalue weighted by molar-refractivity contribution is 0.0773. The molecule has 4 rings (SSSR count). The highest BCUT2D eigenvalue weighted by Crippen LogP contribution is 2.31. The molecule has 0 saturated carbocycles. The lowest BCUT2D eigenvalue weighted by Gasteiger charge is -2.19. The van der Waals surface area contributed by atoms with E-state index in [1.165, 1.54) is 11.8 Å². The van der Waals surface area contributed by atoms with Gasteiger partial charge >= 0.3 is 0 Å². The Morgan fingerprint density at radius 1 is 1.00 bits per heavy atom. The predicted octanol–water partition coefficient (Wildman–Crippen LogP) is 5.83. The number of ether oxygens (including phenoxy) is 2. The monoisotopic (exact) mass is 537 g/mol. The topological polar surface area (TPSA) is 73.7 Å². The molecule has 0 aliphatic carbocycles. The summed E-state index contributed by atoms with van der Waals surface area (Å²) in [6.07, 6.45) is 0. The van der Waals surface area contributed by atoms with Gasteiger partial charge in [0.2, 0.25) is 0 Å². The Labute approximate surface area is 225 Å². The number of benzene rings is 3. The highest BCUT2D eigenvalue weighted by Gasteiger charge is 2.19. The van der Waals surface area contributed by atoms with Crippen LogP contribution in [-0.4, -0.2) is 47.7 Å². The second-order valence-corrected chi connectivity index (χ2v) is 9.54. The zero-order valence-corrected chi connectivity index (χ0v) is 22.7. The molecule has 0 atom stereocenters. The van der Waals surface area contributed by atoms with Gasteiger partial charge in [-0.2, -0.15) is 0 Å². The number of nitrogens with zero attached hydrogens (tertiary/aromatic N) is 3. The van der Waals surface area contributed by atoms with E-state index in [-0.39, 0.29) is 11.5 Å². The summed E-state index contributed by atoms with van der Waals surface area (Å²) in [5.74, 6) is 1.49. The number of rotatable bonds is 9. The van der Waals surface area contributed by atoms with Crippen LogP contribution in [-0.2, 0) is 5.75 Å². The van der Waals surface area contributed by atoms with Crippen molar-refractivity contribution < 1.29 is 14.3 Å². The maximum absolute atomic E-state index is 13.9. The molecule has 192 valence electrons. The standard InChI is InChI=1S/C28H28ClN3O4S/c1-5-31(6-2)26(33)18-11-12-23-25(13-18)30-28(37-17-19-9-7-8-10-24(19)29)32(27(23)34)20-14-21(35-3)16-22(15-20)36-4/h7-16H,5-6,17H2,1-4H3. The Kier molecular flexibility index (Phi) is 8.41. The molecule has 0 spiro atoms. The fourth-order valence-electron chi connectivity index (χ4n) is 4.00. The molecule has 4 aromatic rings. The second-order valence-electron chi connectivity index (χ2n) is 8.20. The van der Waals surface area contributed by atoms with Gasteiger partial charge in [-0.3, -0.25) is 14.2 Å². The number of carbonyl (C=O) groups excluding carboxylic acids is 1. The molecule has 1 heterocycles. The molecule has 0 radical (unpaired) electrons. The lowest BCUT2D eigenvalue weighted by Crippen LogP contribution is -2.30. The number of hydrogen-bond acceptors (Lipinski definition) is 6. The quantitative estimate of drug-likeness (QED) is 0.197. The van der Waals surface area contributed by atoms with E-state index in [0.29, 0.717) is 62.7 Å². The summed E-state index contributed by atoms with van der Waals surface area (Å²) in [5, 5.41) is 1.50. The van der Waals surface area contributed by atoms with E-state index in [9.17, 15) is 9.59 Å². The molecule has 0 bridgehead atoms. The molecular weight excluding hydrogens is 510 g/mol. The Hall–Kier alpha value is -3.49. The van der Waals surface area contributed by atoms with Gasteiger partial charge in [0.15, 0.2) is 5.16 Å². The van der Waals surface area contributed by atoms with Gasteiger partial charge in [0, 0.05) is 47.6 Å². The maximum atomic E-state index is 13.9. The van der Waals surface area contributed by atoms with Crippen LogP contribution in [0.25, 0.3) is 16.6 Å². The zero-order valence-electron chi connectivity index (χ0n) is 21.2. The van der Waals surface area contributed by atoms with Crippen molar-refractivity contribution in [2.75, 3.05) is 27.3 Å². The third-order valence-electron chi connectivity index (χ3n) is 6.05. The Balaban J connectivity index is 1.90. The molecule has 1 amide bonds. The molecular formula is C28H28ClN3O4S. The SMILES string of the molecule is CCN(CC)C(=O)c1ccc2c(=O)n(-c3cc(OC)cc(OC)c3)c(SCc3ccccc3Cl)nc2c1. The van der Waals surface area contributed by atoms with Crippen LogP contribution >= 0.6 is 23.4 Å². The maximum Gasteiger partial charge on any atom is 0.266 e. The van der Waals surface area contributed by atoms with E-state index in [2.05, 4.69) is 0 Å². The minimum Gasteiger partial charge on any atom is -0.497 e. The molecule has 1 aromatic heterocycles. The van der Waals surface area contributed by atoms with Gasteiger partial charge in [-0.25, -0.2) is 4.98 Å². The van der Waals surface area contributed by atoms with Gasteiger partial charge in [-0.1, -0.05) is 41.6 Å². The van der Waals surface area contributed by atoms with Gasteiger partial charge in [-0.15, -0.1) is 0 Å². The number of halogens is 1. The molecule has 7 nitrogen and oxygen atoms in total. The highest BCUT2D eigenvalue weighted by molar-refractivity contribution is 7.98. The summed E-state index contributed by atoms with van der Waals surface area (Å²) in [5.41, 5.74) is 2.16. The van der Waals surface area contributed by atoms with Crippen LogP contribution in [0.3, 0.4) is 0 Å². The fraction of sp³-hybridized carbons (Fsp3) is 0.250. The summed E-state index contributed by atoms with van der Waals surface area (Å²) in [4.78, 5) is 33.4. The molecule has 3 aromatic carbocycles. The summed E-state index contributed by atoms with van der Waals surface area (Å²) in [7, 11) is 3.11.